The molecule has 2 aromatic carbocycles. The number of hydrogen-bond donors (Lipinski definition) is 4. The minimum Gasteiger partial charge on any atom is -0.478 e. The van der Waals surface area contributed by atoms with Crippen LogP contribution in [0.1, 0.15) is 35.1 Å². The van der Waals surface area contributed by atoms with Crippen LogP contribution >= 0.6 is 0 Å². The number of carbonyl (C=O) groups is 5. The van der Waals surface area contributed by atoms with E-state index >= 15 is 0 Å². The smallest absolute Gasteiger partial charge is 0.328 e. The number of aryl methyl sites for hydroxylation is 2. The number of carboxylic acid groups (broad SMARTS) is 4. The molecule has 6 rings (SSSR count). The molecule has 0 bridgehead atoms. The molecule has 3 fully saturated rings. The number of carbonyl (C=O) groups excluding carboxylic acids is 1. The van der Waals surface area contributed by atoms with Crippen LogP contribution in [0, 0.1) is 0 Å². The summed E-state index contributed by atoms with van der Waals surface area (Å²) >= 11 is 0. The molecule has 1 atom stereocenters. The zero-order chi connectivity index (χ0) is 36.1. The van der Waals surface area contributed by atoms with Gasteiger partial charge in [-0.1, -0.05) is 48.5 Å². The lowest BCUT2D eigenvalue weighted by Gasteiger charge is -2.36. The molecule has 1 unspecified atom stereocenters. The fourth-order valence-corrected chi connectivity index (χ4v) is 6.38. The zero-order valence-corrected chi connectivity index (χ0v) is 27.7. The molecule has 3 saturated heterocycles. The lowest BCUT2D eigenvalue weighted by Crippen LogP contribution is -2.51. The predicted molar refractivity (Wildman–Crippen MR) is 179 cm³/mol. The highest BCUT2D eigenvalue weighted by Crippen LogP contribution is 2.45. The normalized spacial score (nSPS) is 19.8. The maximum Gasteiger partial charge on any atom is 0.328 e. The highest BCUT2D eigenvalue weighted by Gasteiger charge is 2.48. The Morgan fingerprint density at radius 1 is 0.660 bits per heavy atom. The van der Waals surface area contributed by atoms with E-state index in [1.54, 1.807) is 0 Å². The first-order chi connectivity index (χ1) is 24.0. The monoisotopic (exact) mass is 693 g/mol. The number of ether oxygens (including phenoxy) is 2. The Kier molecular flexibility index (Phi) is 13.8. The van der Waals surface area contributed by atoms with Crippen LogP contribution in [0.25, 0.3) is 0 Å². The SMILES string of the molecule is O=C(CN1CCN(CC2COC3(O2)c2ccccc2CCc2ccccc23)CC1)N1CCCC1.O=C(O)/C=C/C(=O)O.O=C(O)/C=C/C(=O)O. The van der Waals surface area contributed by atoms with Crippen molar-refractivity contribution < 1.29 is 53.9 Å². The van der Waals surface area contributed by atoms with E-state index in [4.69, 9.17) is 29.9 Å². The van der Waals surface area contributed by atoms with Crippen molar-refractivity contribution in [1.82, 2.24) is 14.7 Å². The van der Waals surface area contributed by atoms with Gasteiger partial charge in [0.2, 0.25) is 11.7 Å². The quantitative estimate of drug-likeness (QED) is 0.294. The molecule has 0 saturated carbocycles. The van der Waals surface area contributed by atoms with Gasteiger partial charge >= 0.3 is 23.9 Å². The fourth-order valence-electron chi connectivity index (χ4n) is 6.38. The molecule has 268 valence electrons. The lowest BCUT2D eigenvalue weighted by atomic mass is 9.93. The molecule has 1 amide bonds. The second-order valence-corrected chi connectivity index (χ2v) is 12.2. The number of likely N-dealkylation sites (tertiary alicyclic amines) is 1. The van der Waals surface area contributed by atoms with Crippen LogP contribution in [0.4, 0.5) is 0 Å². The van der Waals surface area contributed by atoms with Crippen LogP contribution in [-0.2, 0) is 52.1 Å². The molecule has 2 aromatic rings. The molecule has 4 aliphatic rings. The van der Waals surface area contributed by atoms with E-state index in [0.717, 1.165) is 82.6 Å². The highest BCUT2D eigenvalue weighted by molar-refractivity contribution is 5.90. The van der Waals surface area contributed by atoms with Gasteiger partial charge in [0.1, 0.15) is 0 Å². The fraction of sp³-hybridized carbons (Fsp3) is 0.417. The van der Waals surface area contributed by atoms with Gasteiger partial charge in [0.25, 0.3) is 0 Å². The Morgan fingerprint density at radius 2 is 1.10 bits per heavy atom. The van der Waals surface area contributed by atoms with E-state index in [2.05, 4.69) is 58.3 Å². The lowest BCUT2D eigenvalue weighted by molar-refractivity contribution is -0.145. The average Bonchev–Trinajstić information content (AvgIpc) is 3.77. The molecular weight excluding hydrogens is 650 g/mol. The summed E-state index contributed by atoms with van der Waals surface area (Å²) in [4.78, 5) is 57.5. The molecule has 3 aliphatic heterocycles. The summed E-state index contributed by atoms with van der Waals surface area (Å²) in [6, 6.07) is 17.2. The molecule has 50 heavy (non-hydrogen) atoms. The third-order valence-corrected chi connectivity index (χ3v) is 8.69. The van der Waals surface area contributed by atoms with Gasteiger partial charge in [0.05, 0.1) is 19.3 Å². The summed E-state index contributed by atoms with van der Waals surface area (Å²) in [5.74, 6) is -5.54. The van der Waals surface area contributed by atoms with Crippen LogP contribution in [0.2, 0.25) is 0 Å². The predicted octanol–water partition coefficient (Wildman–Crippen LogP) is 2.07. The summed E-state index contributed by atoms with van der Waals surface area (Å²) < 4.78 is 13.4. The molecular formula is C36H43N3O11. The minimum atomic E-state index is -1.26. The Morgan fingerprint density at radius 3 is 1.56 bits per heavy atom. The molecule has 14 heteroatoms. The van der Waals surface area contributed by atoms with Gasteiger partial charge in [-0.25, -0.2) is 19.2 Å². The summed E-state index contributed by atoms with van der Waals surface area (Å²) in [7, 11) is 0. The zero-order valence-electron chi connectivity index (χ0n) is 27.7. The van der Waals surface area contributed by atoms with Gasteiger partial charge in [-0.3, -0.25) is 14.6 Å². The van der Waals surface area contributed by atoms with E-state index in [1.807, 2.05) is 4.90 Å². The van der Waals surface area contributed by atoms with Gasteiger partial charge in [-0.05, 0) is 36.8 Å². The standard InChI is InChI=1S/C28H35N3O3.2C4H4O4/c32-27(31-13-5-6-14-31)20-30-17-15-29(16-18-30)19-24-21-33-28(34-24)25-9-3-1-7-22(25)11-12-23-8-2-4-10-26(23)28;2*5-3(6)1-2-4(7)8/h1-4,7-10,24H,5-6,11-21H2;2*1-2H,(H,5,6)(H,7,8)/b;2*2-1+. The number of piperazine rings is 1. The van der Waals surface area contributed by atoms with Crippen molar-refractivity contribution in [2.45, 2.75) is 37.6 Å². The number of rotatable bonds is 8. The third kappa shape index (κ3) is 10.8. The van der Waals surface area contributed by atoms with E-state index < -0.39 is 29.7 Å². The van der Waals surface area contributed by atoms with Crippen molar-refractivity contribution in [3.63, 3.8) is 0 Å². The number of amides is 1. The van der Waals surface area contributed by atoms with Crippen LogP contribution in [0.3, 0.4) is 0 Å². The minimum absolute atomic E-state index is 0.0250. The number of hydrogen-bond acceptors (Lipinski definition) is 9. The molecule has 3 heterocycles. The first-order valence-electron chi connectivity index (χ1n) is 16.5. The van der Waals surface area contributed by atoms with Crippen molar-refractivity contribution in [3.8, 4) is 0 Å². The maximum atomic E-state index is 12.5. The van der Waals surface area contributed by atoms with E-state index in [-0.39, 0.29) is 6.10 Å². The topological polar surface area (TPSA) is 194 Å². The summed E-state index contributed by atoms with van der Waals surface area (Å²) in [5, 5.41) is 31.2. The van der Waals surface area contributed by atoms with Crippen LogP contribution < -0.4 is 0 Å². The van der Waals surface area contributed by atoms with Crippen molar-refractivity contribution >= 4 is 29.8 Å². The van der Waals surface area contributed by atoms with Crippen LogP contribution in [0.15, 0.2) is 72.8 Å². The van der Waals surface area contributed by atoms with Gasteiger partial charge in [-0.2, -0.15) is 0 Å². The first kappa shape index (κ1) is 37.9. The Hall–Kier alpha value is -4.89. The number of benzene rings is 2. The summed E-state index contributed by atoms with van der Waals surface area (Å²) in [6.07, 6.45) is 6.57. The second kappa shape index (κ2) is 18.2. The van der Waals surface area contributed by atoms with E-state index in [9.17, 15) is 24.0 Å². The summed E-state index contributed by atoms with van der Waals surface area (Å²) in [6.45, 7) is 7.69. The second-order valence-electron chi connectivity index (χ2n) is 12.2. The highest BCUT2D eigenvalue weighted by atomic mass is 16.7. The van der Waals surface area contributed by atoms with Gasteiger partial charge in [0, 0.05) is 81.2 Å². The average molecular weight is 694 g/mol. The third-order valence-electron chi connectivity index (χ3n) is 8.69. The van der Waals surface area contributed by atoms with Crippen LogP contribution in [-0.4, -0.2) is 130 Å². The van der Waals surface area contributed by atoms with Gasteiger partial charge in [-0.15, -0.1) is 0 Å². The molecule has 14 nitrogen and oxygen atoms in total. The Labute approximate surface area is 289 Å². The number of fused-ring (bicyclic) bond motifs is 4. The number of carboxylic acids is 4. The van der Waals surface area contributed by atoms with Crippen molar-refractivity contribution in [3.05, 3.63) is 95.1 Å². The van der Waals surface area contributed by atoms with E-state index in [0.29, 0.717) is 43.4 Å². The molecule has 1 spiro atoms. The number of aliphatic carboxylic acids is 4. The molecule has 0 radical (unpaired) electrons. The van der Waals surface area contributed by atoms with E-state index in [1.165, 1.54) is 11.1 Å². The maximum absolute atomic E-state index is 12.5. The van der Waals surface area contributed by atoms with Crippen molar-refractivity contribution in [2.24, 2.45) is 0 Å². The molecule has 0 aromatic heterocycles. The summed E-state index contributed by atoms with van der Waals surface area (Å²) in [5.41, 5.74) is 4.95. The van der Waals surface area contributed by atoms with Crippen molar-refractivity contribution in [2.75, 3.05) is 59.0 Å². The molecule has 4 N–H and O–H groups in total. The van der Waals surface area contributed by atoms with Gasteiger partial charge in [0.15, 0.2) is 0 Å². The molecule has 1 aliphatic carbocycles. The number of nitrogens with zero attached hydrogens (tertiary/aromatic N) is 3. The first-order valence-corrected chi connectivity index (χ1v) is 16.5. The largest absolute Gasteiger partial charge is 0.478 e. The van der Waals surface area contributed by atoms with Crippen molar-refractivity contribution in [1.29, 1.82) is 0 Å². The Bertz CT molecular complexity index is 1460. The Balaban J connectivity index is 0.000000294. The van der Waals surface area contributed by atoms with Gasteiger partial charge < -0.3 is 34.8 Å². The van der Waals surface area contributed by atoms with Crippen LogP contribution in [0.5, 0.6) is 0 Å².